The summed E-state index contributed by atoms with van der Waals surface area (Å²) in [6.07, 6.45) is 0. The Bertz CT molecular complexity index is 3760. The lowest BCUT2D eigenvalue weighted by Gasteiger charge is -2.29. The highest BCUT2D eigenvalue weighted by atomic mass is 32.1. The van der Waals surface area contributed by atoms with E-state index < -0.39 is 0 Å². The van der Waals surface area contributed by atoms with Gasteiger partial charge in [0.1, 0.15) is 0 Å². The number of para-hydroxylation sites is 3. The van der Waals surface area contributed by atoms with Crippen LogP contribution < -0.4 is 4.90 Å². The van der Waals surface area contributed by atoms with Crippen LogP contribution in [0.4, 0.5) is 17.1 Å². The van der Waals surface area contributed by atoms with Crippen molar-refractivity contribution in [2.75, 3.05) is 4.90 Å². The lowest BCUT2D eigenvalue weighted by Crippen LogP contribution is -2.16. The zero-order valence-electron chi connectivity index (χ0n) is 35.6. The van der Waals surface area contributed by atoms with Crippen LogP contribution in [0.3, 0.4) is 0 Å². The molecule has 2 nitrogen and oxygen atoms in total. The Labute approximate surface area is 376 Å². The molecule has 0 radical (unpaired) electrons. The molecule has 1 aliphatic rings. The average Bonchev–Trinajstić information content (AvgIpc) is 3.98. The first-order valence-electron chi connectivity index (χ1n) is 22.2. The smallest absolute Gasteiger partial charge is 0.0543 e. The molecule has 0 saturated carbocycles. The molecular weight excluding hydrogens is 793 g/mol. The van der Waals surface area contributed by atoms with Gasteiger partial charge in [0, 0.05) is 58.9 Å². The molecule has 0 N–H and O–H groups in total. The fraction of sp³-hybridized carbons (Fsp3) is 0.0492. The molecule has 0 saturated heterocycles. The van der Waals surface area contributed by atoms with E-state index in [1.54, 1.807) is 0 Å². The van der Waals surface area contributed by atoms with Crippen molar-refractivity contribution in [3.8, 4) is 39.1 Å². The van der Waals surface area contributed by atoms with Crippen molar-refractivity contribution in [2.24, 2.45) is 0 Å². The van der Waals surface area contributed by atoms with E-state index in [1.165, 1.54) is 109 Å². The third-order valence-corrected chi connectivity index (χ3v) is 15.1. The van der Waals surface area contributed by atoms with Gasteiger partial charge in [-0.2, -0.15) is 0 Å². The van der Waals surface area contributed by atoms with Crippen LogP contribution in [0.2, 0.25) is 0 Å². The standard InChI is InChI=1S/C61H42N2S/c1-61(2)52-23-9-5-20-51(52)58-53(61)24-14-28-57(58)62(43-36-31-41(32-37-43)46-21-13-22-49-50-38-33-39-15-3-4-17-45(39)60(50)64-59(46)49)42-34-29-40(30-35-42)44-16-6-10-25-54(44)63-55-26-11-7-18-47(55)48-19-8-12-27-56(48)63/h3-38H,1-2H3. The van der Waals surface area contributed by atoms with E-state index in [9.17, 15) is 0 Å². The molecule has 10 aromatic carbocycles. The third-order valence-electron chi connectivity index (χ3n) is 13.8. The maximum atomic E-state index is 2.47. The molecule has 12 aromatic rings. The second kappa shape index (κ2) is 14.2. The first-order valence-corrected chi connectivity index (χ1v) is 23.0. The monoisotopic (exact) mass is 834 g/mol. The fourth-order valence-electron chi connectivity index (χ4n) is 10.8. The maximum absolute atomic E-state index is 2.47. The van der Waals surface area contributed by atoms with Crippen LogP contribution in [-0.4, -0.2) is 4.57 Å². The number of nitrogens with zero attached hydrogens (tertiary/aromatic N) is 2. The van der Waals surface area contributed by atoms with E-state index >= 15 is 0 Å². The summed E-state index contributed by atoms with van der Waals surface area (Å²) in [5.41, 5.74) is 17.1. The van der Waals surface area contributed by atoms with Crippen molar-refractivity contribution in [1.29, 1.82) is 0 Å². The molecule has 1 aliphatic carbocycles. The van der Waals surface area contributed by atoms with Crippen LogP contribution in [0.1, 0.15) is 25.0 Å². The minimum absolute atomic E-state index is 0.119. The van der Waals surface area contributed by atoms with Gasteiger partial charge in [0.15, 0.2) is 0 Å². The zero-order chi connectivity index (χ0) is 42.5. The minimum atomic E-state index is -0.119. The Kier molecular flexibility index (Phi) is 8.16. The molecule has 2 aromatic heterocycles. The Balaban J connectivity index is 0.959. The lowest BCUT2D eigenvalue weighted by molar-refractivity contribution is 0.660. The van der Waals surface area contributed by atoms with E-state index in [2.05, 4.69) is 242 Å². The van der Waals surface area contributed by atoms with Gasteiger partial charge in [-0.1, -0.05) is 184 Å². The van der Waals surface area contributed by atoms with E-state index in [4.69, 9.17) is 0 Å². The quantitative estimate of drug-likeness (QED) is 0.162. The molecule has 2 heterocycles. The Morgan fingerprint density at radius 1 is 0.391 bits per heavy atom. The number of thiophene rings is 1. The summed E-state index contributed by atoms with van der Waals surface area (Å²) in [6.45, 7) is 4.72. The van der Waals surface area contributed by atoms with Crippen LogP contribution in [-0.2, 0) is 5.41 Å². The summed E-state index contributed by atoms with van der Waals surface area (Å²) in [5, 5.41) is 7.77. The second-order valence-corrected chi connectivity index (χ2v) is 18.7. The number of fused-ring (bicyclic) bond motifs is 11. The van der Waals surface area contributed by atoms with Crippen LogP contribution in [0.25, 0.3) is 91.8 Å². The number of benzene rings is 10. The van der Waals surface area contributed by atoms with Gasteiger partial charge in [-0.15, -0.1) is 11.3 Å². The van der Waals surface area contributed by atoms with Crippen LogP contribution in [0.5, 0.6) is 0 Å². The maximum Gasteiger partial charge on any atom is 0.0543 e. The first-order chi connectivity index (χ1) is 31.5. The summed E-state index contributed by atoms with van der Waals surface area (Å²) in [6, 6.07) is 80.7. The van der Waals surface area contributed by atoms with Crippen LogP contribution in [0.15, 0.2) is 218 Å². The summed E-state index contributed by atoms with van der Waals surface area (Å²) >= 11 is 1.91. The van der Waals surface area contributed by atoms with Crippen LogP contribution >= 0.6 is 11.3 Å². The van der Waals surface area contributed by atoms with E-state index in [-0.39, 0.29) is 5.41 Å². The van der Waals surface area contributed by atoms with Crippen molar-refractivity contribution < 1.29 is 0 Å². The van der Waals surface area contributed by atoms with Gasteiger partial charge in [0.2, 0.25) is 0 Å². The molecule has 0 fully saturated rings. The SMILES string of the molecule is CC1(C)c2ccccc2-c2c(N(c3ccc(-c4ccccc4-n4c5ccccc5c5ccccc54)cc3)c3ccc(-c4cccc5c4sc4c6ccccc6ccc54)cc3)cccc21. The largest absolute Gasteiger partial charge is 0.310 e. The fourth-order valence-corrected chi connectivity index (χ4v) is 12.1. The molecular formula is C61H42N2S. The number of aromatic nitrogens is 1. The van der Waals surface area contributed by atoms with E-state index in [0.29, 0.717) is 0 Å². The van der Waals surface area contributed by atoms with E-state index in [0.717, 1.165) is 11.4 Å². The van der Waals surface area contributed by atoms with Crippen LogP contribution in [0, 0.1) is 0 Å². The topological polar surface area (TPSA) is 8.17 Å². The van der Waals surface area contributed by atoms with Crippen molar-refractivity contribution in [1.82, 2.24) is 4.57 Å². The molecule has 3 heteroatoms. The zero-order valence-corrected chi connectivity index (χ0v) is 36.4. The summed E-state index contributed by atoms with van der Waals surface area (Å²) in [5.74, 6) is 0. The summed E-state index contributed by atoms with van der Waals surface area (Å²) < 4.78 is 5.11. The minimum Gasteiger partial charge on any atom is -0.310 e. The van der Waals surface area contributed by atoms with E-state index in [1.807, 2.05) is 11.3 Å². The molecule has 64 heavy (non-hydrogen) atoms. The van der Waals surface area contributed by atoms with Gasteiger partial charge >= 0.3 is 0 Å². The van der Waals surface area contributed by atoms with Gasteiger partial charge in [-0.05, 0) is 92.7 Å². The van der Waals surface area contributed by atoms with Gasteiger partial charge in [0.25, 0.3) is 0 Å². The molecule has 0 bridgehead atoms. The molecule has 13 rings (SSSR count). The van der Waals surface area contributed by atoms with Gasteiger partial charge < -0.3 is 9.47 Å². The molecule has 302 valence electrons. The predicted octanol–water partition coefficient (Wildman–Crippen LogP) is 17.4. The second-order valence-electron chi connectivity index (χ2n) is 17.6. The molecule has 0 spiro atoms. The highest BCUT2D eigenvalue weighted by molar-refractivity contribution is 7.27. The molecule has 0 aliphatic heterocycles. The Morgan fingerprint density at radius 2 is 0.922 bits per heavy atom. The number of hydrogen-bond donors (Lipinski definition) is 0. The molecule has 0 unspecified atom stereocenters. The predicted molar refractivity (Wildman–Crippen MR) is 274 cm³/mol. The highest BCUT2D eigenvalue weighted by Crippen LogP contribution is 2.54. The van der Waals surface area contributed by atoms with Crippen molar-refractivity contribution >= 4 is 81.1 Å². The van der Waals surface area contributed by atoms with Gasteiger partial charge in [0.05, 0.1) is 22.4 Å². The normalized spacial score (nSPS) is 13.0. The summed E-state index contributed by atoms with van der Waals surface area (Å²) in [7, 11) is 0. The number of rotatable bonds is 6. The Hall–Kier alpha value is -7.72. The third kappa shape index (κ3) is 5.44. The average molecular weight is 835 g/mol. The molecule has 0 amide bonds. The number of anilines is 3. The lowest BCUT2D eigenvalue weighted by atomic mass is 9.82. The van der Waals surface area contributed by atoms with Crippen molar-refractivity contribution in [3.63, 3.8) is 0 Å². The van der Waals surface area contributed by atoms with Gasteiger partial charge in [-0.3, -0.25) is 0 Å². The summed E-state index contributed by atoms with van der Waals surface area (Å²) in [4.78, 5) is 2.47. The molecule has 0 atom stereocenters. The van der Waals surface area contributed by atoms with Crippen molar-refractivity contribution in [3.05, 3.63) is 230 Å². The van der Waals surface area contributed by atoms with Crippen molar-refractivity contribution in [2.45, 2.75) is 19.3 Å². The highest BCUT2D eigenvalue weighted by Gasteiger charge is 2.37. The Morgan fingerprint density at radius 3 is 1.66 bits per heavy atom. The van der Waals surface area contributed by atoms with Gasteiger partial charge in [-0.25, -0.2) is 0 Å². The first kappa shape index (κ1) is 36.9. The number of hydrogen-bond acceptors (Lipinski definition) is 2.